The number of carbonyl (C=O) groups excluding carboxylic acids is 1. The second-order valence-corrected chi connectivity index (χ2v) is 5.48. The van der Waals surface area contributed by atoms with Crippen LogP contribution in [0.5, 0.6) is 0 Å². The summed E-state index contributed by atoms with van der Waals surface area (Å²) < 4.78 is 0. The molecule has 1 aromatic heterocycles. The minimum Gasteiger partial charge on any atom is -0.382 e. The molecule has 0 unspecified atom stereocenters. The molecule has 0 atom stereocenters. The molecule has 0 aliphatic heterocycles. The molecule has 1 amide bonds. The predicted molar refractivity (Wildman–Crippen MR) is 86.9 cm³/mol. The normalized spacial score (nSPS) is 10.5. The Kier molecular flexibility index (Phi) is 4.58. The van der Waals surface area contributed by atoms with E-state index in [1.165, 1.54) is 5.56 Å². The molecule has 2 aromatic rings. The number of carbonyl (C=O) groups is 1. The zero-order valence-corrected chi connectivity index (χ0v) is 12.9. The SMILES string of the molecule is Cc1ccc(C(=O)Nc2ccc(NC(C)C)cn2)cc1C. The van der Waals surface area contributed by atoms with Gasteiger partial charge in [0.15, 0.2) is 0 Å². The van der Waals surface area contributed by atoms with Gasteiger partial charge in [0.2, 0.25) is 0 Å². The number of amides is 1. The third-order valence-corrected chi connectivity index (χ3v) is 3.23. The molecule has 0 aliphatic carbocycles. The van der Waals surface area contributed by atoms with Crippen LogP contribution < -0.4 is 10.6 Å². The second-order valence-electron chi connectivity index (χ2n) is 5.48. The van der Waals surface area contributed by atoms with Crippen LogP contribution in [-0.4, -0.2) is 16.9 Å². The lowest BCUT2D eigenvalue weighted by Crippen LogP contribution is -2.14. The van der Waals surface area contributed by atoms with Crippen LogP contribution in [0.15, 0.2) is 36.5 Å². The highest BCUT2D eigenvalue weighted by molar-refractivity contribution is 6.03. The predicted octanol–water partition coefficient (Wildman–Crippen LogP) is 3.77. The summed E-state index contributed by atoms with van der Waals surface area (Å²) >= 11 is 0. The maximum Gasteiger partial charge on any atom is 0.256 e. The van der Waals surface area contributed by atoms with Gasteiger partial charge in [-0.25, -0.2) is 4.98 Å². The molecule has 21 heavy (non-hydrogen) atoms. The van der Waals surface area contributed by atoms with Gasteiger partial charge in [0.25, 0.3) is 5.91 Å². The van der Waals surface area contributed by atoms with Crippen LogP contribution in [0.4, 0.5) is 11.5 Å². The van der Waals surface area contributed by atoms with E-state index >= 15 is 0 Å². The van der Waals surface area contributed by atoms with E-state index in [-0.39, 0.29) is 5.91 Å². The van der Waals surface area contributed by atoms with Crippen molar-refractivity contribution in [3.8, 4) is 0 Å². The topological polar surface area (TPSA) is 54.0 Å². The third-order valence-electron chi connectivity index (χ3n) is 3.23. The lowest BCUT2D eigenvalue weighted by molar-refractivity contribution is 0.102. The summed E-state index contributed by atoms with van der Waals surface area (Å²) in [6.07, 6.45) is 1.72. The Bertz CT molecular complexity index is 633. The highest BCUT2D eigenvalue weighted by Gasteiger charge is 2.08. The zero-order valence-electron chi connectivity index (χ0n) is 12.9. The van der Waals surface area contributed by atoms with Crippen molar-refractivity contribution >= 4 is 17.4 Å². The highest BCUT2D eigenvalue weighted by atomic mass is 16.1. The minimum absolute atomic E-state index is 0.143. The van der Waals surface area contributed by atoms with E-state index in [2.05, 4.69) is 29.5 Å². The first kappa shape index (κ1) is 15.0. The molecule has 0 spiro atoms. The van der Waals surface area contributed by atoms with Crippen LogP contribution in [0.25, 0.3) is 0 Å². The number of hydrogen-bond acceptors (Lipinski definition) is 3. The van der Waals surface area contributed by atoms with E-state index in [1.54, 1.807) is 12.3 Å². The first-order valence-corrected chi connectivity index (χ1v) is 7.07. The van der Waals surface area contributed by atoms with Gasteiger partial charge in [-0.15, -0.1) is 0 Å². The van der Waals surface area contributed by atoms with Gasteiger partial charge in [0, 0.05) is 11.6 Å². The third kappa shape index (κ3) is 4.05. The number of hydrogen-bond donors (Lipinski definition) is 2. The van der Waals surface area contributed by atoms with Gasteiger partial charge < -0.3 is 10.6 Å². The van der Waals surface area contributed by atoms with Crippen molar-refractivity contribution in [2.75, 3.05) is 10.6 Å². The van der Waals surface area contributed by atoms with E-state index in [0.717, 1.165) is 11.3 Å². The van der Waals surface area contributed by atoms with Crippen molar-refractivity contribution in [2.45, 2.75) is 33.7 Å². The van der Waals surface area contributed by atoms with Crippen LogP contribution in [-0.2, 0) is 0 Å². The molecule has 4 nitrogen and oxygen atoms in total. The second kappa shape index (κ2) is 6.39. The molecule has 1 heterocycles. The fourth-order valence-corrected chi connectivity index (χ4v) is 1.96. The van der Waals surface area contributed by atoms with Gasteiger partial charge in [-0.05, 0) is 63.1 Å². The maximum absolute atomic E-state index is 12.2. The monoisotopic (exact) mass is 283 g/mol. The fraction of sp³-hybridized carbons (Fsp3) is 0.294. The quantitative estimate of drug-likeness (QED) is 0.898. The van der Waals surface area contributed by atoms with Crippen LogP contribution in [0.3, 0.4) is 0 Å². The standard InChI is InChI=1S/C17H21N3O/c1-11(2)19-15-7-8-16(18-10-15)20-17(21)14-6-5-12(3)13(4)9-14/h5-11,19H,1-4H3,(H,18,20,21). The van der Waals surface area contributed by atoms with Gasteiger partial charge in [-0.1, -0.05) is 6.07 Å². The smallest absolute Gasteiger partial charge is 0.256 e. The molecule has 0 bridgehead atoms. The van der Waals surface area contributed by atoms with Gasteiger partial charge in [-0.2, -0.15) is 0 Å². The highest BCUT2D eigenvalue weighted by Crippen LogP contribution is 2.14. The molecule has 0 radical (unpaired) electrons. The summed E-state index contributed by atoms with van der Waals surface area (Å²) in [5.74, 6) is 0.405. The number of nitrogens with one attached hydrogen (secondary N) is 2. The zero-order chi connectivity index (χ0) is 15.4. The fourth-order valence-electron chi connectivity index (χ4n) is 1.96. The van der Waals surface area contributed by atoms with E-state index in [4.69, 9.17) is 0 Å². The molecule has 110 valence electrons. The number of aryl methyl sites for hydroxylation is 2. The molecule has 4 heteroatoms. The van der Waals surface area contributed by atoms with Crippen molar-refractivity contribution in [2.24, 2.45) is 0 Å². The summed E-state index contributed by atoms with van der Waals surface area (Å²) in [6, 6.07) is 9.72. The largest absolute Gasteiger partial charge is 0.382 e. The van der Waals surface area contributed by atoms with Crippen LogP contribution in [0.1, 0.15) is 35.3 Å². The van der Waals surface area contributed by atoms with Crippen molar-refractivity contribution in [3.05, 3.63) is 53.2 Å². The summed E-state index contributed by atoms with van der Waals surface area (Å²) in [6.45, 7) is 8.15. The number of benzene rings is 1. The molecule has 0 aliphatic rings. The van der Waals surface area contributed by atoms with E-state index < -0.39 is 0 Å². The molecule has 2 N–H and O–H groups in total. The Morgan fingerprint density at radius 1 is 1.10 bits per heavy atom. The van der Waals surface area contributed by atoms with Crippen LogP contribution in [0.2, 0.25) is 0 Å². The average molecular weight is 283 g/mol. The number of rotatable bonds is 4. The Labute approximate surface area is 125 Å². The maximum atomic E-state index is 12.2. The summed E-state index contributed by atoms with van der Waals surface area (Å²) in [4.78, 5) is 16.4. The van der Waals surface area contributed by atoms with Gasteiger partial charge in [0.1, 0.15) is 5.82 Å². The van der Waals surface area contributed by atoms with E-state index in [1.807, 2.05) is 38.1 Å². The molecular weight excluding hydrogens is 262 g/mol. The van der Waals surface area contributed by atoms with Gasteiger partial charge in [0.05, 0.1) is 11.9 Å². The average Bonchev–Trinajstić information content (AvgIpc) is 2.43. The van der Waals surface area contributed by atoms with Crippen molar-refractivity contribution in [1.29, 1.82) is 0 Å². The van der Waals surface area contributed by atoms with Crippen molar-refractivity contribution in [1.82, 2.24) is 4.98 Å². The number of pyridine rings is 1. The summed E-state index contributed by atoms with van der Waals surface area (Å²) in [5, 5.41) is 6.06. The summed E-state index contributed by atoms with van der Waals surface area (Å²) in [5.41, 5.74) is 3.86. The van der Waals surface area contributed by atoms with E-state index in [0.29, 0.717) is 17.4 Å². The Hall–Kier alpha value is -2.36. The number of aromatic nitrogens is 1. The lowest BCUT2D eigenvalue weighted by atomic mass is 10.1. The Morgan fingerprint density at radius 3 is 2.43 bits per heavy atom. The minimum atomic E-state index is -0.143. The number of nitrogens with zero attached hydrogens (tertiary/aromatic N) is 1. The Morgan fingerprint density at radius 2 is 1.86 bits per heavy atom. The number of anilines is 2. The van der Waals surface area contributed by atoms with Gasteiger partial charge >= 0.3 is 0 Å². The molecule has 0 saturated heterocycles. The lowest BCUT2D eigenvalue weighted by Gasteiger charge is -2.10. The van der Waals surface area contributed by atoms with Crippen LogP contribution >= 0.6 is 0 Å². The first-order chi connectivity index (χ1) is 9.95. The Balaban J connectivity index is 2.06. The van der Waals surface area contributed by atoms with Crippen molar-refractivity contribution in [3.63, 3.8) is 0 Å². The molecule has 2 rings (SSSR count). The van der Waals surface area contributed by atoms with Crippen molar-refractivity contribution < 1.29 is 4.79 Å². The van der Waals surface area contributed by atoms with Crippen LogP contribution in [0, 0.1) is 13.8 Å². The molecule has 1 aromatic carbocycles. The van der Waals surface area contributed by atoms with Gasteiger partial charge in [-0.3, -0.25) is 4.79 Å². The molecule has 0 fully saturated rings. The molecular formula is C17H21N3O. The first-order valence-electron chi connectivity index (χ1n) is 7.07. The molecule has 0 saturated carbocycles. The van der Waals surface area contributed by atoms with E-state index in [9.17, 15) is 4.79 Å². The summed E-state index contributed by atoms with van der Waals surface area (Å²) in [7, 11) is 0.